The lowest BCUT2D eigenvalue weighted by Crippen LogP contribution is -2.43. The number of aryl methyl sites for hydroxylation is 1. The fourth-order valence-corrected chi connectivity index (χ4v) is 6.34. The lowest BCUT2D eigenvalue weighted by molar-refractivity contribution is 0.00407. The first-order valence-corrected chi connectivity index (χ1v) is 14.3. The molecule has 0 spiro atoms. The van der Waals surface area contributed by atoms with Gasteiger partial charge in [-0.25, -0.2) is 8.42 Å². The van der Waals surface area contributed by atoms with Gasteiger partial charge in [-0.3, -0.25) is 4.90 Å². The Hall–Kier alpha value is -3.11. The van der Waals surface area contributed by atoms with Crippen LogP contribution in [0.3, 0.4) is 0 Å². The Labute approximate surface area is 224 Å². The summed E-state index contributed by atoms with van der Waals surface area (Å²) in [6.45, 7) is 6.00. The summed E-state index contributed by atoms with van der Waals surface area (Å²) in [4.78, 5) is 2.47. The van der Waals surface area contributed by atoms with E-state index in [1.807, 2.05) is 61.5 Å². The van der Waals surface area contributed by atoms with E-state index in [-0.39, 0.29) is 18.0 Å². The van der Waals surface area contributed by atoms with E-state index >= 15 is 0 Å². The van der Waals surface area contributed by atoms with Crippen molar-refractivity contribution >= 4 is 10.0 Å². The summed E-state index contributed by atoms with van der Waals surface area (Å²) in [6, 6.07) is 19.9. The number of fused-ring (bicyclic) bond motifs is 1. The first kappa shape index (κ1) is 26.5. The fraction of sp³-hybridized carbons (Fsp3) is 0.379. The molecule has 3 aromatic carbocycles. The summed E-state index contributed by atoms with van der Waals surface area (Å²) in [5.41, 5.74) is 2.72. The molecule has 9 heteroatoms. The van der Waals surface area contributed by atoms with Crippen molar-refractivity contribution in [3.05, 3.63) is 83.4 Å². The van der Waals surface area contributed by atoms with Crippen LogP contribution < -0.4 is 14.2 Å². The van der Waals surface area contributed by atoms with Crippen molar-refractivity contribution in [3.8, 4) is 17.2 Å². The van der Waals surface area contributed by atoms with Crippen molar-refractivity contribution in [1.82, 2.24) is 9.21 Å². The van der Waals surface area contributed by atoms with Gasteiger partial charge >= 0.3 is 0 Å². The van der Waals surface area contributed by atoms with E-state index in [4.69, 9.17) is 18.9 Å². The van der Waals surface area contributed by atoms with Gasteiger partial charge in [-0.05, 0) is 55.3 Å². The molecule has 0 amide bonds. The summed E-state index contributed by atoms with van der Waals surface area (Å²) in [6.07, 6.45) is 0.491. The first-order chi connectivity index (χ1) is 18.4. The van der Waals surface area contributed by atoms with E-state index in [1.54, 1.807) is 23.5 Å². The molecule has 3 aromatic rings. The molecule has 38 heavy (non-hydrogen) atoms. The van der Waals surface area contributed by atoms with Gasteiger partial charge in [-0.2, -0.15) is 4.31 Å². The number of hydrogen-bond acceptors (Lipinski definition) is 7. The Bertz CT molecular complexity index is 1320. The number of nitrogens with zero attached hydrogens (tertiary/aromatic N) is 2. The van der Waals surface area contributed by atoms with Crippen LogP contribution in [0.2, 0.25) is 0 Å². The average Bonchev–Trinajstić information content (AvgIpc) is 3.13. The van der Waals surface area contributed by atoms with E-state index in [0.29, 0.717) is 24.7 Å². The maximum absolute atomic E-state index is 13.9. The summed E-state index contributed by atoms with van der Waals surface area (Å²) in [5, 5.41) is 0. The summed E-state index contributed by atoms with van der Waals surface area (Å²) >= 11 is 0. The predicted octanol–water partition coefficient (Wildman–Crippen LogP) is 3.87. The molecule has 1 saturated heterocycles. The molecule has 0 radical (unpaired) electrons. The fourth-order valence-electron chi connectivity index (χ4n) is 4.76. The topological polar surface area (TPSA) is 77.5 Å². The molecule has 2 heterocycles. The van der Waals surface area contributed by atoms with Gasteiger partial charge in [-0.15, -0.1) is 0 Å². The van der Waals surface area contributed by atoms with Crippen molar-refractivity contribution in [2.45, 2.75) is 30.8 Å². The largest absolute Gasteiger partial charge is 0.496 e. The minimum absolute atomic E-state index is 0.154. The highest BCUT2D eigenvalue weighted by Gasteiger charge is 2.36. The number of sulfonamides is 1. The molecule has 0 N–H and O–H groups in total. The molecule has 0 aliphatic carbocycles. The van der Waals surface area contributed by atoms with Gasteiger partial charge < -0.3 is 18.9 Å². The van der Waals surface area contributed by atoms with Crippen molar-refractivity contribution in [1.29, 1.82) is 0 Å². The minimum atomic E-state index is -3.81. The maximum atomic E-state index is 13.9. The summed E-state index contributed by atoms with van der Waals surface area (Å²) in [7, 11) is -2.23. The predicted molar refractivity (Wildman–Crippen MR) is 144 cm³/mol. The molecule has 1 fully saturated rings. The van der Waals surface area contributed by atoms with Gasteiger partial charge in [0, 0.05) is 19.6 Å². The number of hydrogen-bond donors (Lipinski definition) is 0. The smallest absolute Gasteiger partial charge is 0.243 e. The van der Waals surface area contributed by atoms with Crippen LogP contribution in [0.25, 0.3) is 0 Å². The maximum Gasteiger partial charge on any atom is 0.243 e. The highest BCUT2D eigenvalue weighted by atomic mass is 32.2. The number of benzene rings is 3. The van der Waals surface area contributed by atoms with Crippen molar-refractivity contribution < 1.29 is 27.4 Å². The van der Waals surface area contributed by atoms with E-state index in [1.165, 1.54) is 0 Å². The van der Waals surface area contributed by atoms with Gasteiger partial charge in [0.15, 0.2) is 0 Å². The molecule has 0 aromatic heterocycles. The van der Waals surface area contributed by atoms with Gasteiger partial charge in [-0.1, -0.05) is 35.9 Å². The molecule has 5 rings (SSSR count). The lowest BCUT2D eigenvalue weighted by atomic mass is 10.1. The summed E-state index contributed by atoms with van der Waals surface area (Å²) in [5.74, 6) is 2.02. The summed E-state index contributed by atoms with van der Waals surface area (Å²) < 4.78 is 52.5. The van der Waals surface area contributed by atoms with Crippen molar-refractivity contribution in [2.24, 2.45) is 0 Å². The van der Waals surface area contributed by atoms with Crippen LogP contribution in [-0.2, 0) is 27.7 Å². The van der Waals surface area contributed by atoms with E-state index in [2.05, 4.69) is 4.90 Å². The molecule has 2 aliphatic heterocycles. The zero-order valence-corrected chi connectivity index (χ0v) is 22.7. The van der Waals surface area contributed by atoms with E-state index < -0.39 is 16.1 Å². The third kappa shape index (κ3) is 5.96. The number of methoxy groups -OCH3 is 1. The van der Waals surface area contributed by atoms with Gasteiger partial charge in [0.25, 0.3) is 0 Å². The number of ether oxygens (including phenoxy) is 4. The number of morpholine rings is 1. The van der Waals surface area contributed by atoms with Crippen LogP contribution in [0.15, 0.2) is 71.6 Å². The zero-order chi connectivity index (χ0) is 26.5. The zero-order valence-electron chi connectivity index (χ0n) is 21.8. The van der Waals surface area contributed by atoms with Crippen molar-refractivity contribution in [3.63, 3.8) is 0 Å². The molecular weight excluding hydrogens is 504 g/mol. The Morgan fingerprint density at radius 2 is 1.71 bits per heavy atom. The lowest BCUT2D eigenvalue weighted by Gasteiger charge is -2.29. The minimum Gasteiger partial charge on any atom is -0.496 e. The Morgan fingerprint density at radius 1 is 0.974 bits per heavy atom. The van der Waals surface area contributed by atoms with Gasteiger partial charge in [0.2, 0.25) is 10.0 Å². The van der Waals surface area contributed by atoms with Gasteiger partial charge in [0.05, 0.1) is 36.8 Å². The molecule has 1 atom stereocenters. The highest BCUT2D eigenvalue weighted by Crippen LogP contribution is 2.36. The molecule has 8 nitrogen and oxygen atoms in total. The Kier molecular flexibility index (Phi) is 8.18. The van der Waals surface area contributed by atoms with Crippen molar-refractivity contribution in [2.75, 3.05) is 46.8 Å². The Morgan fingerprint density at radius 3 is 2.42 bits per heavy atom. The monoisotopic (exact) mass is 538 g/mol. The molecular formula is C29H34N2O6S. The van der Waals surface area contributed by atoms with E-state index in [9.17, 15) is 8.42 Å². The standard InChI is InChI=1S/C29H34N2O6S/c1-22-6-12-26(13-7-22)38(32,33)31-19-27-28(34-2)4-3-5-29(27)36-20-24(31)18-23-8-10-25(11-9-23)37-21-30-14-16-35-17-15-30/h3-13,24H,14-21H2,1-2H3/t24-/m0/s1. The van der Waals surface area contributed by atoms with Crippen LogP contribution >= 0.6 is 0 Å². The number of rotatable bonds is 8. The quantitative estimate of drug-likeness (QED) is 0.431. The van der Waals surface area contributed by atoms with Crippen LogP contribution in [-0.4, -0.2) is 70.4 Å². The molecule has 0 saturated carbocycles. The molecule has 2 aliphatic rings. The van der Waals surface area contributed by atoms with Gasteiger partial charge in [0.1, 0.15) is 30.6 Å². The second kappa shape index (κ2) is 11.7. The Balaban J connectivity index is 1.38. The third-order valence-corrected chi connectivity index (χ3v) is 8.91. The van der Waals surface area contributed by atoms with Crippen LogP contribution in [0.4, 0.5) is 0 Å². The highest BCUT2D eigenvalue weighted by molar-refractivity contribution is 7.89. The second-order valence-electron chi connectivity index (χ2n) is 9.62. The second-order valence-corrected chi connectivity index (χ2v) is 11.5. The van der Waals surface area contributed by atoms with Crippen LogP contribution in [0.5, 0.6) is 17.2 Å². The SMILES string of the molecule is COc1cccc2c1CN(S(=O)(=O)c1ccc(C)cc1)[C@@H](Cc1ccc(OCN3CCOCC3)cc1)CO2. The molecule has 202 valence electrons. The molecule has 0 unspecified atom stereocenters. The molecule has 0 bridgehead atoms. The average molecular weight is 539 g/mol. The van der Waals surface area contributed by atoms with E-state index in [0.717, 1.165) is 48.7 Å². The first-order valence-electron chi connectivity index (χ1n) is 12.8. The van der Waals surface area contributed by atoms with Crippen LogP contribution in [0, 0.1) is 6.92 Å². The third-order valence-electron chi connectivity index (χ3n) is 7.00. The van der Waals surface area contributed by atoms with Crippen LogP contribution in [0.1, 0.15) is 16.7 Å². The normalized spacial score (nSPS) is 18.7.